The molecule has 6 heteroatoms. The van der Waals surface area contributed by atoms with Crippen molar-refractivity contribution in [3.63, 3.8) is 0 Å². The number of carbonyl (C=O) groups is 1. The summed E-state index contributed by atoms with van der Waals surface area (Å²) in [5.74, 6) is 0.475. The lowest BCUT2D eigenvalue weighted by molar-refractivity contribution is 0.262. The number of nitrogens with one attached hydrogen (secondary N) is 2. The van der Waals surface area contributed by atoms with Crippen LogP contribution in [0.3, 0.4) is 0 Å². The Morgan fingerprint density at radius 3 is 2.63 bits per heavy atom. The molecule has 1 aromatic heterocycles. The molecule has 0 bridgehead atoms. The summed E-state index contributed by atoms with van der Waals surface area (Å²) < 4.78 is 0. The van der Waals surface area contributed by atoms with Gasteiger partial charge >= 0.3 is 6.03 Å². The van der Waals surface area contributed by atoms with Crippen molar-refractivity contribution >= 4 is 40.7 Å². The molecule has 0 unspecified atom stereocenters. The Balaban J connectivity index is 2.05. The maximum Gasteiger partial charge on any atom is 0.324 e. The summed E-state index contributed by atoms with van der Waals surface area (Å²) in [4.78, 5) is 15.8. The highest BCUT2D eigenvalue weighted by Crippen LogP contribution is 2.25. The van der Waals surface area contributed by atoms with Crippen molar-refractivity contribution in [1.29, 1.82) is 0 Å². The van der Waals surface area contributed by atoms with Gasteiger partial charge in [-0.1, -0.05) is 23.2 Å². The molecule has 0 spiro atoms. The third-order valence-electron chi connectivity index (χ3n) is 2.34. The zero-order chi connectivity index (χ0) is 13.8. The fourth-order valence-corrected chi connectivity index (χ4v) is 1.92. The van der Waals surface area contributed by atoms with Crippen LogP contribution in [0.2, 0.25) is 10.0 Å². The predicted octanol–water partition coefficient (Wildman–Crippen LogP) is 4.34. The maximum atomic E-state index is 11.8. The van der Waals surface area contributed by atoms with Crippen LogP contribution in [0.25, 0.3) is 0 Å². The number of carbonyl (C=O) groups excluding carboxylic acids is 1. The number of aryl methyl sites for hydroxylation is 1. The number of benzene rings is 1. The molecule has 1 heterocycles. The fraction of sp³-hybridized carbons (Fsp3) is 0.0769. The van der Waals surface area contributed by atoms with Crippen LogP contribution >= 0.6 is 23.2 Å². The zero-order valence-electron chi connectivity index (χ0n) is 10.1. The van der Waals surface area contributed by atoms with Gasteiger partial charge in [0.25, 0.3) is 0 Å². The Morgan fingerprint density at radius 2 is 1.95 bits per heavy atom. The van der Waals surface area contributed by atoms with E-state index >= 15 is 0 Å². The predicted molar refractivity (Wildman–Crippen MR) is 78.1 cm³/mol. The number of anilines is 2. The lowest BCUT2D eigenvalue weighted by Gasteiger charge is -2.09. The van der Waals surface area contributed by atoms with Crippen LogP contribution in [-0.2, 0) is 0 Å². The highest BCUT2D eigenvalue weighted by Gasteiger charge is 2.07. The largest absolute Gasteiger partial charge is 0.324 e. The van der Waals surface area contributed by atoms with E-state index in [1.54, 1.807) is 30.5 Å². The normalized spacial score (nSPS) is 10.1. The van der Waals surface area contributed by atoms with Crippen LogP contribution < -0.4 is 10.6 Å². The van der Waals surface area contributed by atoms with Crippen molar-refractivity contribution in [3.8, 4) is 0 Å². The molecule has 0 saturated heterocycles. The monoisotopic (exact) mass is 295 g/mol. The van der Waals surface area contributed by atoms with Crippen LogP contribution in [0.5, 0.6) is 0 Å². The number of pyridine rings is 1. The van der Waals surface area contributed by atoms with Gasteiger partial charge in [0.05, 0.1) is 10.7 Å². The third-order valence-corrected chi connectivity index (χ3v) is 2.88. The Labute approximate surface area is 120 Å². The Morgan fingerprint density at radius 1 is 1.16 bits per heavy atom. The summed E-state index contributed by atoms with van der Waals surface area (Å²) in [6, 6.07) is 8.04. The van der Waals surface area contributed by atoms with Gasteiger partial charge in [-0.05, 0) is 42.8 Å². The van der Waals surface area contributed by atoms with Gasteiger partial charge in [-0.3, -0.25) is 5.32 Å². The topological polar surface area (TPSA) is 54.0 Å². The fourth-order valence-electron chi connectivity index (χ4n) is 1.47. The van der Waals surface area contributed by atoms with Gasteiger partial charge < -0.3 is 5.32 Å². The summed E-state index contributed by atoms with van der Waals surface area (Å²) in [6.45, 7) is 1.92. The average molecular weight is 296 g/mol. The number of amides is 2. The van der Waals surface area contributed by atoms with E-state index in [2.05, 4.69) is 15.6 Å². The lowest BCUT2D eigenvalue weighted by Crippen LogP contribution is -2.20. The quantitative estimate of drug-likeness (QED) is 0.866. The van der Waals surface area contributed by atoms with Gasteiger partial charge in [0, 0.05) is 11.2 Å². The minimum Gasteiger partial charge on any atom is -0.306 e. The van der Waals surface area contributed by atoms with Gasteiger partial charge in [0.2, 0.25) is 0 Å². The third kappa shape index (κ3) is 3.84. The van der Waals surface area contributed by atoms with Crippen LogP contribution in [0.1, 0.15) is 5.56 Å². The van der Waals surface area contributed by atoms with Crippen LogP contribution in [0, 0.1) is 6.92 Å². The second kappa shape index (κ2) is 5.91. The van der Waals surface area contributed by atoms with E-state index in [1.807, 2.05) is 13.0 Å². The van der Waals surface area contributed by atoms with Crippen molar-refractivity contribution in [2.24, 2.45) is 0 Å². The molecule has 1 aromatic carbocycles. The number of nitrogens with zero attached hydrogens (tertiary/aromatic N) is 1. The Hall–Kier alpha value is -1.78. The lowest BCUT2D eigenvalue weighted by atomic mass is 10.3. The average Bonchev–Trinajstić information content (AvgIpc) is 2.33. The van der Waals surface area contributed by atoms with E-state index in [-0.39, 0.29) is 0 Å². The SMILES string of the molecule is Cc1ccnc(NC(=O)Nc2ccc(Cl)cc2Cl)c1. The first-order valence-corrected chi connectivity index (χ1v) is 6.26. The minimum atomic E-state index is -0.415. The van der Waals surface area contributed by atoms with Gasteiger partial charge in [-0.15, -0.1) is 0 Å². The van der Waals surface area contributed by atoms with E-state index in [9.17, 15) is 4.79 Å². The van der Waals surface area contributed by atoms with Crippen LogP contribution in [0.15, 0.2) is 36.5 Å². The van der Waals surface area contributed by atoms with Crippen molar-refractivity contribution < 1.29 is 4.79 Å². The van der Waals surface area contributed by atoms with Gasteiger partial charge in [-0.2, -0.15) is 0 Å². The molecule has 2 N–H and O–H groups in total. The van der Waals surface area contributed by atoms with E-state index < -0.39 is 6.03 Å². The minimum absolute atomic E-state index is 0.375. The van der Waals surface area contributed by atoms with Crippen molar-refractivity contribution in [1.82, 2.24) is 4.98 Å². The number of rotatable bonds is 2. The number of aromatic nitrogens is 1. The van der Waals surface area contributed by atoms with Crippen LogP contribution in [-0.4, -0.2) is 11.0 Å². The second-order valence-corrected chi connectivity index (χ2v) is 4.77. The molecule has 0 fully saturated rings. The number of hydrogen-bond acceptors (Lipinski definition) is 2. The van der Waals surface area contributed by atoms with Crippen molar-refractivity contribution in [2.45, 2.75) is 6.92 Å². The van der Waals surface area contributed by atoms with Gasteiger partial charge in [-0.25, -0.2) is 9.78 Å². The summed E-state index contributed by atoms with van der Waals surface area (Å²) in [5, 5.41) is 6.13. The van der Waals surface area contributed by atoms with Crippen molar-refractivity contribution in [2.75, 3.05) is 10.6 Å². The first kappa shape index (κ1) is 13.6. The van der Waals surface area contributed by atoms with Crippen LogP contribution in [0.4, 0.5) is 16.3 Å². The molecule has 4 nitrogen and oxygen atoms in total. The van der Waals surface area contributed by atoms with E-state index in [1.165, 1.54) is 0 Å². The summed E-state index contributed by atoms with van der Waals surface area (Å²) >= 11 is 11.7. The number of urea groups is 1. The first-order valence-electron chi connectivity index (χ1n) is 5.50. The summed E-state index contributed by atoms with van der Waals surface area (Å²) in [6.07, 6.45) is 1.63. The highest BCUT2D eigenvalue weighted by molar-refractivity contribution is 6.36. The van der Waals surface area contributed by atoms with Gasteiger partial charge in [0.1, 0.15) is 5.82 Å². The van der Waals surface area contributed by atoms with Crippen molar-refractivity contribution in [3.05, 3.63) is 52.1 Å². The number of hydrogen-bond donors (Lipinski definition) is 2. The highest BCUT2D eigenvalue weighted by atomic mass is 35.5. The van der Waals surface area contributed by atoms with Gasteiger partial charge in [0.15, 0.2) is 0 Å². The Bertz CT molecular complexity index is 617. The molecule has 0 saturated carbocycles. The molecule has 2 aromatic rings. The zero-order valence-corrected chi connectivity index (χ0v) is 11.6. The molecule has 0 radical (unpaired) electrons. The molecule has 0 aliphatic carbocycles. The maximum absolute atomic E-state index is 11.8. The molecule has 0 aliphatic heterocycles. The number of halogens is 2. The Kier molecular flexibility index (Phi) is 4.24. The molecule has 19 heavy (non-hydrogen) atoms. The molecule has 98 valence electrons. The molecule has 0 atom stereocenters. The summed E-state index contributed by atoms with van der Waals surface area (Å²) in [5.41, 5.74) is 1.49. The standard InChI is InChI=1S/C13H11Cl2N3O/c1-8-4-5-16-12(6-8)18-13(19)17-11-3-2-9(14)7-10(11)15/h2-7H,1H3,(H2,16,17,18,19). The molecule has 2 rings (SSSR count). The molecule has 2 amide bonds. The van der Waals surface area contributed by atoms with E-state index in [0.717, 1.165) is 5.56 Å². The molecular weight excluding hydrogens is 285 g/mol. The van der Waals surface area contributed by atoms with E-state index in [4.69, 9.17) is 23.2 Å². The smallest absolute Gasteiger partial charge is 0.306 e. The van der Waals surface area contributed by atoms with E-state index in [0.29, 0.717) is 21.6 Å². The first-order chi connectivity index (χ1) is 9.04. The second-order valence-electron chi connectivity index (χ2n) is 3.92. The molecule has 0 aliphatic rings. The molecular formula is C13H11Cl2N3O. The summed E-state index contributed by atoms with van der Waals surface area (Å²) in [7, 11) is 0.